The Labute approximate surface area is 137 Å². The molecule has 1 atom stereocenters. The number of nitrogens with one attached hydrogen (secondary N) is 3. The van der Waals surface area contributed by atoms with Gasteiger partial charge in [-0.05, 0) is 38.3 Å². The Morgan fingerprint density at radius 1 is 1.04 bits per heavy atom. The molecule has 0 spiro atoms. The van der Waals surface area contributed by atoms with Crippen molar-refractivity contribution >= 4 is 17.7 Å². The van der Waals surface area contributed by atoms with Gasteiger partial charge in [0.15, 0.2) is 0 Å². The molecular weight excluding hydrogens is 294 g/mol. The van der Waals surface area contributed by atoms with Crippen LogP contribution in [0.5, 0.6) is 0 Å². The molecular formula is C17H25N3O3. The summed E-state index contributed by atoms with van der Waals surface area (Å²) >= 11 is 0. The number of amides is 3. The molecule has 0 unspecified atom stereocenters. The summed E-state index contributed by atoms with van der Waals surface area (Å²) in [5.41, 5.74) is 3.61. The second-order valence-electron chi connectivity index (χ2n) is 5.79. The van der Waals surface area contributed by atoms with Crippen molar-refractivity contribution in [2.45, 2.75) is 40.2 Å². The van der Waals surface area contributed by atoms with E-state index in [2.05, 4.69) is 41.1 Å². The first-order valence-electron chi connectivity index (χ1n) is 7.64. The van der Waals surface area contributed by atoms with E-state index in [0.717, 1.165) is 6.42 Å². The van der Waals surface area contributed by atoms with Crippen LogP contribution in [0.3, 0.4) is 0 Å². The molecule has 1 rings (SSSR count). The van der Waals surface area contributed by atoms with Gasteiger partial charge in [0.25, 0.3) is 0 Å². The first-order valence-corrected chi connectivity index (χ1v) is 7.64. The van der Waals surface area contributed by atoms with Gasteiger partial charge in [0.2, 0.25) is 17.7 Å². The maximum Gasteiger partial charge on any atom is 0.239 e. The average Bonchev–Trinajstić information content (AvgIpc) is 2.46. The quantitative estimate of drug-likeness (QED) is 0.688. The normalized spacial score (nSPS) is 11.5. The van der Waals surface area contributed by atoms with Gasteiger partial charge in [-0.3, -0.25) is 14.4 Å². The molecule has 0 saturated heterocycles. The van der Waals surface area contributed by atoms with Crippen molar-refractivity contribution in [3.63, 3.8) is 0 Å². The molecule has 3 amide bonds. The number of carbonyl (C=O) groups is 3. The lowest BCUT2D eigenvalue weighted by atomic mass is 10.00. The molecule has 6 nitrogen and oxygen atoms in total. The highest BCUT2D eigenvalue weighted by Gasteiger charge is 2.11. The van der Waals surface area contributed by atoms with Crippen LogP contribution in [0.25, 0.3) is 0 Å². The fraction of sp³-hybridized carbons (Fsp3) is 0.471. The van der Waals surface area contributed by atoms with Gasteiger partial charge in [-0.25, -0.2) is 0 Å². The molecule has 1 aromatic rings. The fourth-order valence-electron chi connectivity index (χ4n) is 2.23. The molecule has 0 aliphatic heterocycles. The Hall–Kier alpha value is -2.37. The third kappa shape index (κ3) is 7.44. The van der Waals surface area contributed by atoms with Crippen LogP contribution in [0.1, 0.15) is 30.5 Å². The van der Waals surface area contributed by atoms with Gasteiger partial charge in [0.05, 0.1) is 13.1 Å². The van der Waals surface area contributed by atoms with Gasteiger partial charge in [-0.15, -0.1) is 0 Å². The summed E-state index contributed by atoms with van der Waals surface area (Å²) in [7, 11) is 0. The van der Waals surface area contributed by atoms with Crippen LogP contribution in [0.2, 0.25) is 0 Å². The van der Waals surface area contributed by atoms with E-state index in [1.54, 1.807) is 0 Å². The first kappa shape index (κ1) is 18.7. The topological polar surface area (TPSA) is 87.3 Å². The van der Waals surface area contributed by atoms with Gasteiger partial charge in [-0.2, -0.15) is 0 Å². The smallest absolute Gasteiger partial charge is 0.239 e. The molecule has 0 radical (unpaired) electrons. The van der Waals surface area contributed by atoms with Gasteiger partial charge in [0, 0.05) is 13.0 Å². The molecule has 0 bridgehead atoms. The molecule has 0 aliphatic rings. The predicted molar refractivity (Wildman–Crippen MR) is 88.9 cm³/mol. The third-order valence-corrected chi connectivity index (χ3v) is 3.38. The third-order valence-electron chi connectivity index (χ3n) is 3.38. The van der Waals surface area contributed by atoms with E-state index in [-0.39, 0.29) is 30.9 Å². The Morgan fingerprint density at radius 3 is 2.30 bits per heavy atom. The number of aryl methyl sites for hydroxylation is 2. The summed E-state index contributed by atoms with van der Waals surface area (Å²) in [4.78, 5) is 33.9. The van der Waals surface area contributed by atoms with Crippen molar-refractivity contribution in [2.24, 2.45) is 0 Å². The maximum absolute atomic E-state index is 11.8. The summed E-state index contributed by atoms with van der Waals surface area (Å²) in [6.07, 6.45) is 0.734. The largest absolute Gasteiger partial charge is 0.352 e. The van der Waals surface area contributed by atoms with Crippen molar-refractivity contribution < 1.29 is 14.4 Å². The average molecular weight is 319 g/mol. The fourth-order valence-corrected chi connectivity index (χ4v) is 2.23. The van der Waals surface area contributed by atoms with Crippen LogP contribution in [-0.2, 0) is 20.8 Å². The summed E-state index contributed by atoms with van der Waals surface area (Å²) in [5, 5.41) is 7.68. The highest BCUT2D eigenvalue weighted by molar-refractivity contribution is 5.87. The van der Waals surface area contributed by atoms with E-state index in [1.165, 1.54) is 23.6 Å². The minimum absolute atomic E-state index is 0.0313. The van der Waals surface area contributed by atoms with Crippen molar-refractivity contribution in [1.29, 1.82) is 0 Å². The Kier molecular flexibility index (Phi) is 7.25. The summed E-state index contributed by atoms with van der Waals surface area (Å²) < 4.78 is 0. The zero-order valence-electron chi connectivity index (χ0n) is 14.2. The summed E-state index contributed by atoms with van der Waals surface area (Å²) in [6.45, 7) is 7.13. The zero-order valence-corrected chi connectivity index (χ0v) is 14.2. The Balaban J connectivity index is 2.36. The Morgan fingerprint density at radius 2 is 1.70 bits per heavy atom. The number of hydrogen-bond donors (Lipinski definition) is 3. The van der Waals surface area contributed by atoms with Gasteiger partial charge in [0.1, 0.15) is 0 Å². The van der Waals surface area contributed by atoms with E-state index in [1.807, 2.05) is 13.8 Å². The summed E-state index contributed by atoms with van der Waals surface area (Å²) in [5.74, 6) is -0.928. The lowest BCUT2D eigenvalue weighted by Gasteiger charge is -2.16. The highest BCUT2D eigenvalue weighted by Crippen LogP contribution is 2.12. The van der Waals surface area contributed by atoms with Gasteiger partial charge in [-0.1, -0.05) is 23.8 Å². The van der Waals surface area contributed by atoms with Crippen LogP contribution < -0.4 is 16.0 Å². The number of benzene rings is 1. The SMILES string of the molecule is CC(=O)NCC(=O)NCC(=O)N[C@@H](C)Cc1ccc(C)cc1C. The van der Waals surface area contributed by atoms with Crippen LogP contribution in [0.4, 0.5) is 0 Å². The van der Waals surface area contributed by atoms with Crippen LogP contribution >= 0.6 is 0 Å². The Bertz CT molecular complexity index is 584. The van der Waals surface area contributed by atoms with E-state index in [4.69, 9.17) is 0 Å². The number of hydrogen-bond acceptors (Lipinski definition) is 3. The lowest BCUT2D eigenvalue weighted by Crippen LogP contribution is -2.44. The van der Waals surface area contributed by atoms with Crippen molar-refractivity contribution in [2.75, 3.05) is 13.1 Å². The van der Waals surface area contributed by atoms with Gasteiger partial charge < -0.3 is 16.0 Å². The monoisotopic (exact) mass is 319 g/mol. The summed E-state index contributed by atoms with van der Waals surface area (Å²) in [6, 6.07) is 6.21. The second kappa shape index (κ2) is 8.92. The molecule has 0 aliphatic carbocycles. The van der Waals surface area contributed by atoms with Crippen LogP contribution in [0, 0.1) is 13.8 Å². The van der Waals surface area contributed by atoms with E-state index in [0.29, 0.717) is 0 Å². The van der Waals surface area contributed by atoms with E-state index < -0.39 is 5.91 Å². The minimum Gasteiger partial charge on any atom is -0.352 e. The molecule has 0 aromatic heterocycles. The lowest BCUT2D eigenvalue weighted by molar-refractivity contribution is -0.127. The van der Waals surface area contributed by atoms with Crippen molar-refractivity contribution in [3.8, 4) is 0 Å². The molecule has 1 aromatic carbocycles. The minimum atomic E-state index is -0.391. The molecule has 0 saturated carbocycles. The molecule has 126 valence electrons. The van der Waals surface area contributed by atoms with Crippen LogP contribution in [0.15, 0.2) is 18.2 Å². The molecule has 3 N–H and O–H groups in total. The van der Waals surface area contributed by atoms with Crippen molar-refractivity contribution in [3.05, 3.63) is 34.9 Å². The first-order chi connectivity index (χ1) is 10.8. The molecule has 23 heavy (non-hydrogen) atoms. The zero-order chi connectivity index (χ0) is 17.4. The van der Waals surface area contributed by atoms with Crippen LogP contribution in [-0.4, -0.2) is 36.9 Å². The standard InChI is InChI=1S/C17H25N3O3/c1-11-5-6-15(12(2)7-11)8-13(3)20-17(23)10-19-16(22)9-18-14(4)21/h5-7,13H,8-10H2,1-4H3,(H,18,21)(H,19,22)(H,20,23)/t13-/m0/s1. The highest BCUT2D eigenvalue weighted by atomic mass is 16.2. The molecule has 6 heteroatoms. The van der Waals surface area contributed by atoms with E-state index in [9.17, 15) is 14.4 Å². The molecule has 0 heterocycles. The van der Waals surface area contributed by atoms with Crippen molar-refractivity contribution in [1.82, 2.24) is 16.0 Å². The molecule has 0 fully saturated rings. The predicted octanol–water partition coefficient (Wildman–Crippen LogP) is 0.603. The maximum atomic E-state index is 11.8. The van der Waals surface area contributed by atoms with Gasteiger partial charge >= 0.3 is 0 Å². The number of carbonyl (C=O) groups excluding carboxylic acids is 3. The number of rotatable bonds is 7. The second-order valence-corrected chi connectivity index (χ2v) is 5.79. The van der Waals surface area contributed by atoms with E-state index >= 15 is 0 Å².